The van der Waals surface area contributed by atoms with Gasteiger partial charge in [-0.2, -0.15) is 0 Å². The molecule has 2 atom stereocenters. The lowest BCUT2D eigenvalue weighted by atomic mass is 9.99. The second-order valence-corrected chi connectivity index (χ2v) is 7.58. The van der Waals surface area contributed by atoms with E-state index in [4.69, 9.17) is 0 Å². The smallest absolute Gasteiger partial charge is 0.243 e. The maximum atomic E-state index is 12.9. The molecule has 3 rings (SSSR count). The van der Waals surface area contributed by atoms with Crippen molar-refractivity contribution in [1.29, 1.82) is 0 Å². The number of nitrogens with zero attached hydrogens (tertiary/aromatic N) is 1. The van der Waals surface area contributed by atoms with Crippen molar-refractivity contribution in [1.82, 2.24) is 10.2 Å². The highest BCUT2D eigenvalue weighted by molar-refractivity contribution is 7.10. The van der Waals surface area contributed by atoms with Crippen molar-refractivity contribution in [2.45, 2.75) is 19.0 Å². The summed E-state index contributed by atoms with van der Waals surface area (Å²) in [5, 5.41) is 5.68. The van der Waals surface area contributed by atoms with E-state index in [1.807, 2.05) is 36.4 Å². The fourth-order valence-corrected chi connectivity index (χ4v) is 3.75. The molecule has 0 aliphatic heterocycles. The second kappa shape index (κ2) is 8.30. The molecule has 0 unspecified atom stereocenters. The van der Waals surface area contributed by atoms with Crippen LogP contribution in [0, 0.1) is 6.92 Å². The molecule has 3 nitrogen and oxygen atoms in total. The molecule has 0 bridgehead atoms. The molecule has 134 valence electrons. The third-order valence-electron chi connectivity index (χ3n) is 4.39. The lowest BCUT2D eigenvalue weighted by Crippen LogP contribution is -2.38. The van der Waals surface area contributed by atoms with Gasteiger partial charge in [0.1, 0.15) is 6.04 Å². The molecule has 0 fully saturated rings. The monoisotopic (exact) mass is 364 g/mol. The van der Waals surface area contributed by atoms with Gasteiger partial charge in [0, 0.05) is 19.0 Å². The predicted octanol–water partition coefficient (Wildman–Crippen LogP) is 4.57. The number of aryl methyl sites for hydroxylation is 1. The number of carbonyl (C=O) groups excluding carboxylic acids is 1. The van der Waals surface area contributed by atoms with E-state index in [0.717, 1.165) is 11.1 Å². The number of hydrogen-bond donors (Lipinski definition) is 1. The Kier molecular flexibility index (Phi) is 5.86. The van der Waals surface area contributed by atoms with Crippen molar-refractivity contribution >= 4 is 17.2 Å². The Morgan fingerprint density at radius 2 is 1.62 bits per heavy atom. The van der Waals surface area contributed by atoms with Gasteiger partial charge in [-0.25, -0.2) is 0 Å². The molecule has 3 aromatic rings. The number of likely N-dealkylation sites (N-methyl/N-ethyl adjacent to an activating group) is 1. The SMILES string of the molecule is Cc1ccc([C@H](N[C@@H](C(=O)N(C)C)c2ccccc2)c2cccs2)cc1. The molecule has 2 aromatic carbocycles. The van der Waals surface area contributed by atoms with E-state index in [9.17, 15) is 4.79 Å². The van der Waals surface area contributed by atoms with E-state index in [2.05, 4.69) is 48.0 Å². The Morgan fingerprint density at radius 1 is 0.923 bits per heavy atom. The Morgan fingerprint density at radius 3 is 2.19 bits per heavy atom. The Labute approximate surface area is 159 Å². The van der Waals surface area contributed by atoms with E-state index in [0.29, 0.717) is 0 Å². The van der Waals surface area contributed by atoms with Gasteiger partial charge in [0.05, 0.1) is 6.04 Å². The van der Waals surface area contributed by atoms with Crippen LogP contribution < -0.4 is 5.32 Å². The van der Waals surface area contributed by atoms with Gasteiger partial charge in [-0.15, -0.1) is 11.3 Å². The highest BCUT2D eigenvalue weighted by Gasteiger charge is 2.27. The van der Waals surface area contributed by atoms with Crippen LogP contribution in [-0.2, 0) is 4.79 Å². The summed E-state index contributed by atoms with van der Waals surface area (Å²) in [5.41, 5.74) is 3.35. The number of hydrogen-bond acceptors (Lipinski definition) is 3. The van der Waals surface area contributed by atoms with Gasteiger partial charge in [-0.05, 0) is 29.5 Å². The predicted molar refractivity (Wildman–Crippen MR) is 108 cm³/mol. The van der Waals surface area contributed by atoms with Gasteiger partial charge >= 0.3 is 0 Å². The Hall–Kier alpha value is -2.43. The molecular formula is C22H24N2OS. The number of benzene rings is 2. The first-order chi connectivity index (χ1) is 12.6. The molecule has 0 aliphatic rings. The highest BCUT2D eigenvalue weighted by atomic mass is 32.1. The second-order valence-electron chi connectivity index (χ2n) is 6.60. The molecule has 1 aromatic heterocycles. The highest BCUT2D eigenvalue weighted by Crippen LogP contribution is 2.30. The van der Waals surface area contributed by atoms with E-state index >= 15 is 0 Å². The van der Waals surface area contributed by atoms with Crippen LogP contribution in [0.2, 0.25) is 0 Å². The van der Waals surface area contributed by atoms with Crippen LogP contribution in [0.3, 0.4) is 0 Å². The van der Waals surface area contributed by atoms with Crippen LogP contribution in [0.4, 0.5) is 0 Å². The Bertz CT molecular complexity index is 826. The zero-order valence-corrected chi connectivity index (χ0v) is 16.2. The van der Waals surface area contributed by atoms with E-state index in [-0.39, 0.29) is 11.9 Å². The summed E-state index contributed by atoms with van der Waals surface area (Å²) in [4.78, 5) is 15.7. The third-order valence-corrected chi connectivity index (χ3v) is 5.33. The van der Waals surface area contributed by atoms with Crippen molar-refractivity contribution in [2.75, 3.05) is 14.1 Å². The van der Waals surface area contributed by atoms with Crippen molar-refractivity contribution in [3.8, 4) is 0 Å². The summed E-state index contributed by atoms with van der Waals surface area (Å²) in [5.74, 6) is 0.0462. The largest absolute Gasteiger partial charge is 0.347 e. The lowest BCUT2D eigenvalue weighted by molar-refractivity contribution is -0.131. The van der Waals surface area contributed by atoms with Crippen LogP contribution in [0.1, 0.15) is 33.7 Å². The lowest BCUT2D eigenvalue weighted by Gasteiger charge is -2.27. The quantitative estimate of drug-likeness (QED) is 0.695. The van der Waals surface area contributed by atoms with Crippen molar-refractivity contribution in [3.63, 3.8) is 0 Å². The van der Waals surface area contributed by atoms with Crippen molar-refractivity contribution in [2.24, 2.45) is 0 Å². The molecule has 1 N–H and O–H groups in total. The minimum Gasteiger partial charge on any atom is -0.347 e. The number of nitrogens with one attached hydrogen (secondary N) is 1. The first-order valence-electron chi connectivity index (χ1n) is 8.68. The molecule has 26 heavy (non-hydrogen) atoms. The summed E-state index contributed by atoms with van der Waals surface area (Å²) < 4.78 is 0. The van der Waals surface area contributed by atoms with E-state index in [1.165, 1.54) is 10.4 Å². The first kappa shape index (κ1) is 18.4. The van der Waals surface area contributed by atoms with Gasteiger partial charge in [0.15, 0.2) is 0 Å². The average molecular weight is 365 g/mol. The Balaban J connectivity index is 1.99. The minimum atomic E-state index is -0.403. The topological polar surface area (TPSA) is 32.3 Å². The van der Waals surface area contributed by atoms with Gasteiger partial charge in [0.2, 0.25) is 5.91 Å². The van der Waals surface area contributed by atoms with Crippen molar-refractivity contribution in [3.05, 3.63) is 93.7 Å². The van der Waals surface area contributed by atoms with Crippen LogP contribution >= 0.6 is 11.3 Å². The number of thiophene rings is 1. The van der Waals surface area contributed by atoms with Gasteiger partial charge in [-0.1, -0.05) is 66.2 Å². The molecule has 0 saturated heterocycles. The van der Waals surface area contributed by atoms with Gasteiger partial charge in [0.25, 0.3) is 0 Å². The van der Waals surface area contributed by atoms with E-state index in [1.54, 1.807) is 30.3 Å². The van der Waals surface area contributed by atoms with Gasteiger partial charge in [-0.3, -0.25) is 10.1 Å². The average Bonchev–Trinajstić information content (AvgIpc) is 3.18. The fraction of sp³-hybridized carbons (Fsp3) is 0.227. The van der Waals surface area contributed by atoms with Crippen molar-refractivity contribution < 1.29 is 4.79 Å². The summed E-state index contributed by atoms with van der Waals surface area (Å²) >= 11 is 1.70. The maximum Gasteiger partial charge on any atom is 0.243 e. The minimum absolute atomic E-state index is 0.0373. The van der Waals surface area contributed by atoms with E-state index < -0.39 is 6.04 Å². The molecule has 0 radical (unpaired) electrons. The summed E-state index contributed by atoms with van der Waals surface area (Å²) in [6.07, 6.45) is 0. The molecule has 0 aliphatic carbocycles. The van der Waals surface area contributed by atoms with Crippen LogP contribution in [-0.4, -0.2) is 24.9 Å². The number of rotatable bonds is 6. The molecule has 4 heteroatoms. The first-order valence-corrected chi connectivity index (χ1v) is 9.56. The van der Waals surface area contributed by atoms with Crippen LogP contribution in [0.5, 0.6) is 0 Å². The zero-order chi connectivity index (χ0) is 18.5. The molecule has 0 saturated carbocycles. The molecular weight excluding hydrogens is 340 g/mol. The fourth-order valence-electron chi connectivity index (χ4n) is 2.94. The molecule has 0 spiro atoms. The summed E-state index contributed by atoms with van der Waals surface area (Å²) in [6.45, 7) is 2.08. The van der Waals surface area contributed by atoms with Crippen LogP contribution in [0.25, 0.3) is 0 Å². The van der Waals surface area contributed by atoms with Crippen LogP contribution in [0.15, 0.2) is 72.1 Å². The zero-order valence-electron chi connectivity index (χ0n) is 15.3. The van der Waals surface area contributed by atoms with Gasteiger partial charge < -0.3 is 4.90 Å². The normalized spacial score (nSPS) is 13.2. The third kappa shape index (κ3) is 4.21. The molecule has 1 amide bonds. The molecule has 1 heterocycles. The maximum absolute atomic E-state index is 12.9. The summed E-state index contributed by atoms with van der Waals surface area (Å²) in [6, 6.07) is 22.1. The number of amides is 1. The standard InChI is InChI=1S/C22H24N2OS/c1-16-11-13-18(14-12-16)20(19-10-7-15-26-19)23-21(22(25)24(2)3)17-8-5-4-6-9-17/h4-15,20-21,23H,1-3H3/t20-,21+/m0/s1. The summed E-state index contributed by atoms with van der Waals surface area (Å²) in [7, 11) is 3.60. The number of carbonyl (C=O) groups is 1.